The number of aromatic amines is 1. The molecule has 0 radical (unpaired) electrons. The zero-order valence-corrected chi connectivity index (χ0v) is 18.1. The van der Waals surface area contributed by atoms with Crippen molar-refractivity contribution in [1.29, 1.82) is 0 Å². The van der Waals surface area contributed by atoms with E-state index in [1.165, 1.54) is 16.5 Å². The molecule has 5 heteroatoms. The van der Waals surface area contributed by atoms with Crippen LogP contribution in [0.3, 0.4) is 0 Å². The molecule has 1 aromatic heterocycles. The minimum atomic E-state index is -0.131. The van der Waals surface area contributed by atoms with E-state index in [1.807, 2.05) is 42.2 Å². The average Bonchev–Trinajstić information content (AvgIpc) is 3.24. The first kappa shape index (κ1) is 21.2. The van der Waals surface area contributed by atoms with Gasteiger partial charge >= 0.3 is 0 Å². The summed E-state index contributed by atoms with van der Waals surface area (Å²) in [5.74, 6) is 0.146. The number of fused-ring (bicyclic) bond motifs is 1. The standard InChI is InChI=1S/C26H31N3O2/c1-2-9-25(30)29-15-8-12-20(18-29)26(31)28-16-22(19-10-4-3-5-11-19)23-17-27-24-14-7-6-13-21(23)24/h3-7,10-11,13-14,17,20,22,27H,2,8-9,12,15-16,18H2,1H3,(H,28,31). The predicted molar refractivity (Wildman–Crippen MR) is 124 cm³/mol. The Labute approximate surface area is 183 Å². The largest absolute Gasteiger partial charge is 0.361 e. The third-order valence-electron chi connectivity index (χ3n) is 6.29. The smallest absolute Gasteiger partial charge is 0.224 e. The number of carbonyl (C=O) groups excluding carboxylic acids is 2. The highest BCUT2D eigenvalue weighted by Crippen LogP contribution is 2.30. The number of hydrogen-bond acceptors (Lipinski definition) is 2. The molecule has 1 fully saturated rings. The van der Waals surface area contributed by atoms with Crippen LogP contribution in [-0.4, -0.2) is 41.3 Å². The molecule has 31 heavy (non-hydrogen) atoms. The van der Waals surface area contributed by atoms with Gasteiger partial charge in [0.05, 0.1) is 5.92 Å². The van der Waals surface area contributed by atoms with Crippen LogP contribution in [0, 0.1) is 5.92 Å². The van der Waals surface area contributed by atoms with Crippen molar-refractivity contribution in [2.45, 2.75) is 38.5 Å². The number of H-pyrrole nitrogens is 1. The van der Waals surface area contributed by atoms with Gasteiger partial charge in [-0.2, -0.15) is 0 Å². The van der Waals surface area contributed by atoms with Crippen LogP contribution in [0.15, 0.2) is 60.8 Å². The maximum atomic E-state index is 13.0. The van der Waals surface area contributed by atoms with Crippen LogP contribution in [0.1, 0.15) is 49.7 Å². The van der Waals surface area contributed by atoms with E-state index in [-0.39, 0.29) is 23.7 Å². The Balaban J connectivity index is 1.49. The molecule has 0 spiro atoms. The number of carbonyl (C=O) groups is 2. The average molecular weight is 418 g/mol. The highest BCUT2D eigenvalue weighted by molar-refractivity contribution is 5.85. The molecule has 2 aromatic carbocycles. The summed E-state index contributed by atoms with van der Waals surface area (Å²) in [4.78, 5) is 30.6. The van der Waals surface area contributed by atoms with Gasteiger partial charge < -0.3 is 15.2 Å². The van der Waals surface area contributed by atoms with Crippen LogP contribution >= 0.6 is 0 Å². The van der Waals surface area contributed by atoms with Gasteiger partial charge in [0.2, 0.25) is 11.8 Å². The number of nitrogens with one attached hydrogen (secondary N) is 2. The number of piperidine rings is 1. The van der Waals surface area contributed by atoms with Gasteiger partial charge in [0.1, 0.15) is 0 Å². The summed E-state index contributed by atoms with van der Waals surface area (Å²) in [6.07, 6.45) is 5.18. The first-order valence-corrected chi connectivity index (χ1v) is 11.3. The van der Waals surface area contributed by atoms with Crippen molar-refractivity contribution in [2.24, 2.45) is 5.92 Å². The minimum absolute atomic E-state index is 0.0507. The number of nitrogens with zero attached hydrogens (tertiary/aromatic N) is 1. The first-order chi connectivity index (χ1) is 15.2. The van der Waals surface area contributed by atoms with E-state index in [2.05, 4.69) is 40.8 Å². The molecule has 0 aliphatic carbocycles. The van der Waals surface area contributed by atoms with Crippen LogP contribution < -0.4 is 5.32 Å². The van der Waals surface area contributed by atoms with Gasteiger partial charge in [-0.15, -0.1) is 0 Å². The van der Waals surface area contributed by atoms with Gasteiger partial charge in [0.25, 0.3) is 0 Å². The lowest BCUT2D eigenvalue weighted by atomic mass is 9.90. The topological polar surface area (TPSA) is 65.2 Å². The van der Waals surface area contributed by atoms with Crippen molar-refractivity contribution < 1.29 is 9.59 Å². The fourth-order valence-corrected chi connectivity index (χ4v) is 4.61. The molecule has 2 atom stereocenters. The van der Waals surface area contributed by atoms with Crippen molar-refractivity contribution in [2.75, 3.05) is 19.6 Å². The Hall–Kier alpha value is -3.08. The summed E-state index contributed by atoms with van der Waals surface area (Å²) in [6.45, 7) is 3.85. The highest BCUT2D eigenvalue weighted by atomic mass is 16.2. The van der Waals surface area contributed by atoms with E-state index in [9.17, 15) is 9.59 Å². The molecule has 1 saturated heterocycles. The van der Waals surface area contributed by atoms with Gasteiger partial charge in [-0.3, -0.25) is 9.59 Å². The van der Waals surface area contributed by atoms with E-state index < -0.39 is 0 Å². The van der Waals surface area contributed by atoms with E-state index in [1.54, 1.807) is 0 Å². The minimum Gasteiger partial charge on any atom is -0.361 e. The summed E-state index contributed by atoms with van der Waals surface area (Å²) in [7, 11) is 0. The maximum Gasteiger partial charge on any atom is 0.224 e. The molecule has 2 heterocycles. The second-order valence-corrected chi connectivity index (χ2v) is 8.43. The molecule has 3 aromatic rings. The molecular formula is C26H31N3O2. The molecule has 5 nitrogen and oxygen atoms in total. The molecule has 2 N–H and O–H groups in total. The molecule has 0 bridgehead atoms. The third-order valence-corrected chi connectivity index (χ3v) is 6.29. The van der Waals surface area contributed by atoms with Crippen molar-refractivity contribution in [3.05, 3.63) is 71.9 Å². The molecule has 4 rings (SSSR count). The summed E-state index contributed by atoms with van der Waals surface area (Å²) >= 11 is 0. The quantitative estimate of drug-likeness (QED) is 0.596. The summed E-state index contributed by atoms with van der Waals surface area (Å²) in [6, 6.07) is 18.6. The second-order valence-electron chi connectivity index (χ2n) is 8.43. The van der Waals surface area contributed by atoms with Gasteiger partial charge in [0, 0.05) is 49.1 Å². The van der Waals surface area contributed by atoms with Crippen LogP contribution in [0.4, 0.5) is 0 Å². The lowest BCUT2D eigenvalue weighted by Crippen LogP contribution is -2.46. The van der Waals surface area contributed by atoms with Crippen LogP contribution in [0.25, 0.3) is 10.9 Å². The zero-order valence-electron chi connectivity index (χ0n) is 18.1. The third kappa shape index (κ3) is 4.82. The predicted octanol–water partition coefficient (Wildman–Crippen LogP) is 4.45. The van der Waals surface area contributed by atoms with Crippen molar-refractivity contribution in [3.8, 4) is 0 Å². The van der Waals surface area contributed by atoms with E-state index in [4.69, 9.17) is 0 Å². The molecule has 1 aliphatic rings. The van der Waals surface area contributed by atoms with Crippen LogP contribution in [0.5, 0.6) is 0 Å². The van der Waals surface area contributed by atoms with Gasteiger partial charge in [-0.1, -0.05) is 55.5 Å². The fraction of sp³-hybridized carbons (Fsp3) is 0.385. The fourth-order valence-electron chi connectivity index (χ4n) is 4.61. The monoisotopic (exact) mass is 417 g/mol. The van der Waals surface area contributed by atoms with Crippen molar-refractivity contribution in [3.63, 3.8) is 0 Å². The molecule has 1 aliphatic heterocycles. The van der Waals surface area contributed by atoms with Crippen molar-refractivity contribution in [1.82, 2.24) is 15.2 Å². The Morgan fingerprint density at radius 2 is 1.90 bits per heavy atom. The maximum absolute atomic E-state index is 13.0. The number of benzene rings is 2. The molecule has 0 saturated carbocycles. The number of aromatic nitrogens is 1. The summed E-state index contributed by atoms with van der Waals surface area (Å²) in [5, 5.41) is 4.38. The number of rotatable bonds is 7. The van der Waals surface area contributed by atoms with Gasteiger partial charge in [-0.05, 0) is 36.5 Å². The lowest BCUT2D eigenvalue weighted by molar-refractivity contribution is -0.135. The normalized spacial score (nSPS) is 17.5. The van der Waals surface area contributed by atoms with Crippen LogP contribution in [0.2, 0.25) is 0 Å². The SMILES string of the molecule is CCCC(=O)N1CCCC(C(=O)NCC(c2ccccc2)c2c[nH]c3ccccc23)C1. The number of para-hydroxylation sites is 1. The zero-order chi connectivity index (χ0) is 21.6. The first-order valence-electron chi connectivity index (χ1n) is 11.3. The number of likely N-dealkylation sites (tertiary alicyclic amines) is 1. The molecule has 2 unspecified atom stereocenters. The number of hydrogen-bond donors (Lipinski definition) is 2. The van der Waals surface area contributed by atoms with Crippen LogP contribution in [-0.2, 0) is 9.59 Å². The second kappa shape index (κ2) is 9.82. The summed E-state index contributed by atoms with van der Waals surface area (Å²) in [5.41, 5.74) is 3.46. The van der Waals surface area contributed by atoms with Crippen molar-refractivity contribution >= 4 is 22.7 Å². The molecule has 2 amide bonds. The Kier molecular flexibility index (Phi) is 6.70. The van der Waals surface area contributed by atoms with E-state index >= 15 is 0 Å². The summed E-state index contributed by atoms with van der Waals surface area (Å²) < 4.78 is 0. The van der Waals surface area contributed by atoms with E-state index in [0.29, 0.717) is 19.5 Å². The Morgan fingerprint density at radius 3 is 2.71 bits per heavy atom. The Morgan fingerprint density at radius 1 is 1.13 bits per heavy atom. The lowest BCUT2D eigenvalue weighted by Gasteiger charge is -2.32. The Bertz CT molecular complexity index is 1030. The van der Waals surface area contributed by atoms with Gasteiger partial charge in [0.15, 0.2) is 0 Å². The molecular weight excluding hydrogens is 386 g/mol. The van der Waals surface area contributed by atoms with E-state index in [0.717, 1.165) is 31.3 Å². The highest BCUT2D eigenvalue weighted by Gasteiger charge is 2.29. The molecule has 162 valence electrons. The number of amides is 2. The van der Waals surface area contributed by atoms with Gasteiger partial charge in [-0.25, -0.2) is 0 Å².